The Balaban J connectivity index is 2.07. The number of para-hydroxylation sites is 1. The summed E-state index contributed by atoms with van der Waals surface area (Å²) in [7, 11) is -1.87. The van der Waals surface area contributed by atoms with E-state index in [2.05, 4.69) is 4.72 Å². The third-order valence-corrected chi connectivity index (χ3v) is 5.04. The van der Waals surface area contributed by atoms with E-state index in [-0.39, 0.29) is 17.8 Å². The molecule has 2 unspecified atom stereocenters. The summed E-state index contributed by atoms with van der Waals surface area (Å²) in [6, 6.07) is 6.91. The van der Waals surface area contributed by atoms with Crippen molar-refractivity contribution in [3.8, 4) is 5.75 Å². The van der Waals surface area contributed by atoms with E-state index in [0.717, 1.165) is 25.7 Å². The first-order chi connectivity index (χ1) is 9.52. The predicted octanol–water partition coefficient (Wildman–Crippen LogP) is 1.38. The van der Waals surface area contributed by atoms with Crippen LogP contribution >= 0.6 is 0 Å². The molecule has 112 valence electrons. The fourth-order valence-electron chi connectivity index (χ4n) is 2.61. The van der Waals surface area contributed by atoms with Crippen molar-refractivity contribution < 1.29 is 13.2 Å². The number of rotatable bonds is 5. The zero-order valence-corrected chi connectivity index (χ0v) is 12.5. The van der Waals surface area contributed by atoms with Crippen molar-refractivity contribution in [2.24, 2.45) is 5.73 Å². The molecule has 1 aliphatic carbocycles. The molecular weight excluding hydrogens is 276 g/mol. The van der Waals surface area contributed by atoms with Crippen LogP contribution in [0.15, 0.2) is 24.3 Å². The highest BCUT2D eigenvalue weighted by Gasteiger charge is 2.26. The number of nitrogens with two attached hydrogens (primary N) is 1. The topological polar surface area (TPSA) is 81.4 Å². The second kappa shape index (κ2) is 6.56. The molecule has 1 aromatic carbocycles. The SMILES string of the molecule is COc1ccccc1CS(=O)(=O)NC1CCCCC1N. The third kappa shape index (κ3) is 3.94. The molecule has 0 spiro atoms. The molecule has 20 heavy (non-hydrogen) atoms. The van der Waals surface area contributed by atoms with Crippen LogP contribution in [0.5, 0.6) is 5.75 Å². The summed E-state index contributed by atoms with van der Waals surface area (Å²) < 4.78 is 32.4. The van der Waals surface area contributed by atoms with Crippen LogP contribution in [0.2, 0.25) is 0 Å². The first-order valence-electron chi connectivity index (χ1n) is 6.89. The second-order valence-corrected chi connectivity index (χ2v) is 7.00. The molecule has 0 amide bonds. The summed E-state index contributed by atoms with van der Waals surface area (Å²) in [6.07, 6.45) is 3.79. The highest BCUT2D eigenvalue weighted by atomic mass is 32.2. The van der Waals surface area contributed by atoms with Crippen molar-refractivity contribution in [2.75, 3.05) is 7.11 Å². The van der Waals surface area contributed by atoms with Gasteiger partial charge in [-0.25, -0.2) is 13.1 Å². The maximum atomic E-state index is 12.3. The Kier molecular flexibility index (Phi) is 5.01. The van der Waals surface area contributed by atoms with Gasteiger partial charge in [-0.3, -0.25) is 0 Å². The van der Waals surface area contributed by atoms with Crippen molar-refractivity contribution >= 4 is 10.0 Å². The molecule has 0 aromatic heterocycles. The molecule has 1 fully saturated rings. The van der Waals surface area contributed by atoms with Crippen LogP contribution < -0.4 is 15.2 Å². The lowest BCUT2D eigenvalue weighted by molar-refractivity contribution is 0.361. The van der Waals surface area contributed by atoms with Crippen LogP contribution in [0, 0.1) is 0 Å². The van der Waals surface area contributed by atoms with Gasteiger partial charge in [-0.05, 0) is 18.9 Å². The molecule has 0 heterocycles. The van der Waals surface area contributed by atoms with Crippen LogP contribution in [0.3, 0.4) is 0 Å². The predicted molar refractivity (Wildman–Crippen MR) is 79.0 cm³/mol. The zero-order chi connectivity index (χ0) is 14.6. The summed E-state index contributed by atoms with van der Waals surface area (Å²) in [5.41, 5.74) is 6.64. The van der Waals surface area contributed by atoms with Crippen molar-refractivity contribution in [3.63, 3.8) is 0 Å². The van der Waals surface area contributed by atoms with E-state index < -0.39 is 10.0 Å². The molecule has 6 heteroatoms. The Morgan fingerprint density at radius 2 is 2.00 bits per heavy atom. The molecule has 0 saturated heterocycles. The third-order valence-electron chi connectivity index (χ3n) is 3.69. The van der Waals surface area contributed by atoms with Crippen LogP contribution in [-0.4, -0.2) is 27.6 Å². The second-order valence-electron chi connectivity index (χ2n) is 5.24. The quantitative estimate of drug-likeness (QED) is 0.860. The van der Waals surface area contributed by atoms with E-state index in [1.807, 2.05) is 6.07 Å². The molecule has 3 N–H and O–H groups in total. The highest BCUT2D eigenvalue weighted by Crippen LogP contribution is 2.21. The van der Waals surface area contributed by atoms with Gasteiger partial charge >= 0.3 is 0 Å². The summed E-state index contributed by atoms with van der Waals surface area (Å²) in [6.45, 7) is 0. The Labute approximate surface area is 120 Å². The van der Waals surface area contributed by atoms with Gasteiger partial charge in [0.15, 0.2) is 0 Å². The van der Waals surface area contributed by atoms with Gasteiger partial charge in [-0.1, -0.05) is 31.0 Å². The maximum absolute atomic E-state index is 12.3. The minimum atomic E-state index is -3.41. The molecule has 2 atom stereocenters. The number of ether oxygens (including phenoxy) is 1. The summed E-state index contributed by atoms with van der Waals surface area (Å²) in [5, 5.41) is 0. The van der Waals surface area contributed by atoms with Gasteiger partial charge in [0.2, 0.25) is 10.0 Å². The number of sulfonamides is 1. The molecule has 0 radical (unpaired) electrons. The fraction of sp³-hybridized carbons (Fsp3) is 0.571. The molecule has 1 saturated carbocycles. The van der Waals surface area contributed by atoms with E-state index in [9.17, 15) is 8.42 Å². The van der Waals surface area contributed by atoms with Gasteiger partial charge in [0, 0.05) is 17.6 Å². The average Bonchev–Trinajstić information content (AvgIpc) is 2.41. The van der Waals surface area contributed by atoms with Crippen LogP contribution in [0.1, 0.15) is 31.2 Å². The number of nitrogens with one attached hydrogen (secondary N) is 1. The van der Waals surface area contributed by atoms with Crippen molar-refractivity contribution in [1.29, 1.82) is 0 Å². The Morgan fingerprint density at radius 1 is 1.30 bits per heavy atom. The van der Waals surface area contributed by atoms with Crippen molar-refractivity contribution in [2.45, 2.75) is 43.5 Å². The Hall–Kier alpha value is -1.11. The van der Waals surface area contributed by atoms with E-state index in [4.69, 9.17) is 10.5 Å². The van der Waals surface area contributed by atoms with Gasteiger partial charge < -0.3 is 10.5 Å². The lowest BCUT2D eigenvalue weighted by atomic mass is 9.92. The molecule has 1 aromatic rings. The minimum Gasteiger partial charge on any atom is -0.496 e. The Morgan fingerprint density at radius 3 is 2.70 bits per heavy atom. The standard InChI is InChI=1S/C14H22N2O3S/c1-19-14-9-5-2-6-11(14)10-20(17,18)16-13-8-4-3-7-12(13)15/h2,5-6,9,12-13,16H,3-4,7-8,10,15H2,1H3. The summed E-state index contributed by atoms with van der Waals surface area (Å²) >= 11 is 0. The number of hydrogen-bond acceptors (Lipinski definition) is 4. The highest BCUT2D eigenvalue weighted by molar-refractivity contribution is 7.88. The summed E-state index contributed by atoms with van der Waals surface area (Å²) in [4.78, 5) is 0. The van der Waals surface area contributed by atoms with Gasteiger partial charge in [0.05, 0.1) is 12.9 Å². The van der Waals surface area contributed by atoms with E-state index in [0.29, 0.717) is 11.3 Å². The van der Waals surface area contributed by atoms with E-state index in [1.54, 1.807) is 18.2 Å². The van der Waals surface area contributed by atoms with Crippen LogP contribution in [0.25, 0.3) is 0 Å². The maximum Gasteiger partial charge on any atom is 0.216 e. The largest absolute Gasteiger partial charge is 0.496 e. The average molecular weight is 298 g/mol. The summed E-state index contributed by atoms with van der Waals surface area (Å²) in [5.74, 6) is 0.506. The van der Waals surface area contributed by atoms with Gasteiger partial charge in [0.25, 0.3) is 0 Å². The molecule has 0 aliphatic heterocycles. The lowest BCUT2D eigenvalue weighted by Crippen LogP contribution is -2.49. The normalized spacial score (nSPS) is 23.5. The van der Waals surface area contributed by atoms with Gasteiger partial charge in [-0.2, -0.15) is 0 Å². The molecule has 2 rings (SSSR count). The smallest absolute Gasteiger partial charge is 0.216 e. The van der Waals surface area contributed by atoms with Gasteiger partial charge in [0.1, 0.15) is 5.75 Å². The van der Waals surface area contributed by atoms with E-state index in [1.165, 1.54) is 7.11 Å². The minimum absolute atomic E-state index is 0.0831. The molecule has 1 aliphatic rings. The first-order valence-corrected chi connectivity index (χ1v) is 8.54. The Bertz CT molecular complexity index is 545. The number of methoxy groups -OCH3 is 1. The van der Waals surface area contributed by atoms with Crippen LogP contribution in [-0.2, 0) is 15.8 Å². The number of benzene rings is 1. The van der Waals surface area contributed by atoms with Crippen molar-refractivity contribution in [3.05, 3.63) is 29.8 Å². The molecular formula is C14H22N2O3S. The first kappa shape index (κ1) is 15.3. The zero-order valence-electron chi connectivity index (χ0n) is 11.7. The number of hydrogen-bond donors (Lipinski definition) is 2. The lowest BCUT2D eigenvalue weighted by Gasteiger charge is -2.29. The molecule has 5 nitrogen and oxygen atoms in total. The molecule has 0 bridgehead atoms. The monoisotopic (exact) mass is 298 g/mol. The van der Waals surface area contributed by atoms with E-state index >= 15 is 0 Å². The van der Waals surface area contributed by atoms with Crippen LogP contribution in [0.4, 0.5) is 0 Å². The van der Waals surface area contributed by atoms with Gasteiger partial charge in [-0.15, -0.1) is 0 Å². The van der Waals surface area contributed by atoms with Crippen molar-refractivity contribution in [1.82, 2.24) is 4.72 Å². The fourth-order valence-corrected chi connectivity index (χ4v) is 4.09.